The Bertz CT molecular complexity index is 849. The van der Waals surface area contributed by atoms with Gasteiger partial charge in [-0.1, -0.05) is 0 Å². The molecule has 0 spiro atoms. The highest BCUT2D eigenvalue weighted by molar-refractivity contribution is 5.66. The molecule has 9 heteroatoms. The van der Waals surface area contributed by atoms with Crippen molar-refractivity contribution in [3.8, 4) is 0 Å². The third kappa shape index (κ3) is 2.94. The Balaban J connectivity index is 1.38. The van der Waals surface area contributed by atoms with Gasteiger partial charge in [-0.2, -0.15) is 0 Å². The number of nitro benzene ring substituents is 1. The summed E-state index contributed by atoms with van der Waals surface area (Å²) in [5, 5.41) is 20.5. The molecule has 156 valence electrons. The molecule has 5 aliphatic heterocycles. The van der Waals surface area contributed by atoms with E-state index in [-0.39, 0.29) is 35.4 Å². The van der Waals surface area contributed by atoms with Crippen molar-refractivity contribution in [3.05, 3.63) is 34.1 Å². The number of nitro groups is 1. The van der Waals surface area contributed by atoms with Gasteiger partial charge < -0.3 is 19.6 Å². The van der Waals surface area contributed by atoms with Gasteiger partial charge in [0.1, 0.15) is 0 Å². The topological polar surface area (TPSA) is 96.2 Å². The molecule has 5 saturated heterocycles. The summed E-state index contributed by atoms with van der Waals surface area (Å²) in [6, 6.07) is 3.82. The van der Waals surface area contributed by atoms with Crippen LogP contribution in [-0.2, 0) is 4.74 Å². The van der Waals surface area contributed by atoms with Crippen molar-refractivity contribution in [1.29, 1.82) is 0 Å². The van der Waals surface area contributed by atoms with Crippen LogP contribution in [0.3, 0.4) is 0 Å². The second-order valence-electron chi connectivity index (χ2n) is 8.86. The van der Waals surface area contributed by atoms with Crippen molar-refractivity contribution in [1.82, 2.24) is 4.90 Å². The van der Waals surface area contributed by atoms with Gasteiger partial charge in [-0.3, -0.25) is 10.1 Å². The van der Waals surface area contributed by atoms with Crippen LogP contribution in [0.1, 0.15) is 38.5 Å². The van der Waals surface area contributed by atoms with E-state index in [0.29, 0.717) is 31.6 Å². The molecule has 3 unspecified atom stereocenters. The fraction of sp³-hybridized carbons (Fsp3) is 0.650. The Hall–Kier alpha value is -2.42. The van der Waals surface area contributed by atoms with Crippen LogP contribution >= 0.6 is 0 Å². The number of rotatable bonds is 3. The predicted molar refractivity (Wildman–Crippen MR) is 102 cm³/mol. The van der Waals surface area contributed by atoms with Crippen LogP contribution in [0.15, 0.2) is 18.2 Å². The summed E-state index contributed by atoms with van der Waals surface area (Å²) in [7, 11) is 0. The average Bonchev–Trinajstić information content (AvgIpc) is 2.67. The van der Waals surface area contributed by atoms with E-state index in [1.165, 1.54) is 12.1 Å². The van der Waals surface area contributed by atoms with Gasteiger partial charge in [-0.15, -0.1) is 0 Å². The van der Waals surface area contributed by atoms with Crippen LogP contribution in [0.4, 0.5) is 20.6 Å². The third-order valence-electron chi connectivity index (χ3n) is 7.29. The maximum atomic E-state index is 14.6. The van der Waals surface area contributed by atoms with Gasteiger partial charge in [0.2, 0.25) is 0 Å². The SMILES string of the molecule is O=C(O)N1C2CC3CC1CC(C1CCCN(c4ccc([N+](=O)[O-])cc4F)C1)(C2)O3. The fourth-order valence-corrected chi connectivity index (χ4v) is 6.23. The third-order valence-corrected chi connectivity index (χ3v) is 7.29. The van der Waals surface area contributed by atoms with E-state index >= 15 is 0 Å². The zero-order valence-electron chi connectivity index (χ0n) is 16.0. The number of halogens is 1. The highest BCUT2D eigenvalue weighted by atomic mass is 19.1. The van der Waals surface area contributed by atoms with Crippen LogP contribution in [0.25, 0.3) is 0 Å². The molecule has 5 heterocycles. The van der Waals surface area contributed by atoms with Gasteiger partial charge >= 0.3 is 6.09 Å². The van der Waals surface area contributed by atoms with Crippen LogP contribution in [0.2, 0.25) is 0 Å². The van der Waals surface area contributed by atoms with Gasteiger partial charge in [0.05, 0.1) is 28.4 Å². The lowest BCUT2D eigenvalue weighted by Gasteiger charge is -2.63. The zero-order valence-corrected chi connectivity index (χ0v) is 16.0. The van der Waals surface area contributed by atoms with E-state index in [9.17, 15) is 24.4 Å². The van der Waals surface area contributed by atoms with Crippen molar-refractivity contribution >= 4 is 17.5 Å². The predicted octanol–water partition coefficient (Wildman–Crippen LogP) is 3.39. The van der Waals surface area contributed by atoms with Crippen LogP contribution in [0, 0.1) is 21.8 Å². The lowest BCUT2D eigenvalue weighted by Crippen LogP contribution is -2.70. The second kappa shape index (κ2) is 6.55. The van der Waals surface area contributed by atoms with E-state index in [0.717, 1.165) is 31.7 Å². The molecule has 8 nitrogen and oxygen atoms in total. The quantitative estimate of drug-likeness (QED) is 0.612. The monoisotopic (exact) mass is 405 g/mol. The van der Waals surface area contributed by atoms with E-state index in [1.807, 2.05) is 4.90 Å². The summed E-state index contributed by atoms with van der Waals surface area (Å²) in [6.45, 7) is 1.31. The summed E-state index contributed by atoms with van der Waals surface area (Å²) < 4.78 is 21.1. The zero-order chi connectivity index (χ0) is 20.3. The van der Waals surface area contributed by atoms with Crippen LogP contribution < -0.4 is 4.90 Å². The molecule has 0 saturated carbocycles. The standard InChI is InChI=1S/C20H24FN3O5/c21-17-8-13(24(27)28)3-4-18(17)22-5-1-2-12(11-22)20-9-14-6-16(29-20)7-15(10-20)23(14)19(25)26/h3-4,8,12,14-16H,1-2,5-7,9-11H2,(H,25,26). The Labute approximate surface area is 167 Å². The summed E-state index contributed by atoms with van der Waals surface area (Å²) in [5.41, 5.74) is -0.214. The van der Waals surface area contributed by atoms with Gasteiger partial charge in [0, 0.05) is 37.2 Å². The van der Waals surface area contributed by atoms with Gasteiger partial charge in [0.15, 0.2) is 5.82 Å². The molecule has 1 N–H and O–H groups in total. The molecule has 0 aliphatic carbocycles. The van der Waals surface area contributed by atoms with Gasteiger partial charge in [-0.05, 0) is 44.6 Å². The molecule has 3 atom stereocenters. The Morgan fingerprint density at radius 2 is 2.03 bits per heavy atom. The number of hydrogen-bond acceptors (Lipinski definition) is 5. The number of carboxylic acid groups (broad SMARTS) is 1. The second-order valence-corrected chi connectivity index (χ2v) is 8.86. The number of amides is 1. The highest BCUT2D eigenvalue weighted by Gasteiger charge is 2.59. The number of ether oxygens (including phenoxy) is 1. The van der Waals surface area contributed by atoms with Crippen molar-refractivity contribution in [2.24, 2.45) is 5.92 Å². The first-order valence-electron chi connectivity index (χ1n) is 10.2. The molecule has 0 aromatic heterocycles. The number of piperidine rings is 3. The fourth-order valence-electron chi connectivity index (χ4n) is 6.23. The first-order valence-corrected chi connectivity index (χ1v) is 10.2. The number of non-ortho nitro benzene ring substituents is 1. The summed E-state index contributed by atoms with van der Waals surface area (Å²) in [4.78, 5) is 25.6. The van der Waals surface area contributed by atoms with E-state index in [2.05, 4.69) is 0 Å². The van der Waals surface area contributed by atoms with Crippen LogP contribution in [-0.4, -0.2) is 57.9 Å². The smallest absolute Gasteiger partial charge is 0.407 e. The number of nitrogens with zero attached hydrogens (tertiary/aromatic N) is 3. The van der Waals surface area contributed by atoms with Gasteiger partial charge in [0.25, 0.3) is 5.69 Å². The van der Waals surface area contributed by atoms with Crippen molar-refractivity contribution in [2.45, 2.75) is 62.3 Å². The number of anilines is 1. The lowest BCUT2D eigenvalue weighted by molar-refractivity contribution is -0.385. The van der Waals surface area contributed by atoms with Crippen LogP contribution in [0.5, 0.6) is 0 Å². The molecule has 5 aliphatic rings. The molecule has 6 rings (SSSR count). The molecular weight excluding hydrogens is 381 g/mol. The first kappa shape index (κ1) is 18.6. The number of hydrogen-bond donors (Lipinski definition) is 1. The molecule has 1 aromatic rings. The molecule has 0 radical (unpaired) electrons. The minimum absolute atomic E-state index is 0.00485. The molecule has 4 bridgehead atoms. The molecule has 1 amide bonds. The summed E-state index contributed by atoms with van der Waals surface area (Å²) in [5.74, 6) is -0.391. The number of benzene rings is 1. The van der Waals surface area contributed by atoms with Crippen molar-refractivity contribution < 1.29 is 24.0 Å². The van der Waals surface area contributed by atoms with E-state index < -0.39 is 16.8 Å². The lowest BCUT2D eigenvalue weighted by atomic mass is 9.64. The van der Waals surface area contributed by atoms with Crippen molar-refractivity contribution in [3.63, 3.8) is 0 Å². The first-order chi connectivity index (χ1) is 13.9. The average molecular weight is 405 g/mol. The largest absolute Gasteiger partial charge is 0.465 e. The van der Waals surface area contributed by atoms with Gasteiger partial charge in [-0.25, -0.2) is 9.18 Å². The van der Waals surface area contributed by atoms with Crippen molar-refractivity contribution in [2.75, 3.05) is 18.0 Å². The molecule has 29 heavy (non-hydrogen) atoms. The molecule has 5 fully saturated rings. The normalized spacial score (nSPS) is 35.8. The van der Waals surface area contributed by atoms with E-state index in [1.54, 1.807) is 4.90 Å². The highest BCUT2D eigenvalue weighted by Crippen LogP contribution is 2.53. The Kier molecular flexibility index (Phi) is 4.20. The molecule has 1 aromatic carbocycles. The summed E-state index contributed by atoms with van der Waals surface area (Å²) >= 11 is 0. The molecular formula is C20H24FN3O5. The number of carbonyl (C=O) groups is 1. The Morgan fingerprint density at radius 1 is 1.31 bits per heavy atom. The minimum Gasteiger partial charge on any atom is -0.465 e. The van der Waals surface area contributed by atoms with E-state index in [4.69, 9.17) is 4.74 Å². The summed E-state index contributed by atoms with van der Waals surface area (Å²) in [6.07, 6.45) is 4.04. The maximum Gasteiger partial charge on any atom is 0.407 e. The minimum atomic E-state index is -0.841. The maximum absolute atomic E-state index is 14.6. The Morgan fingerprint density at radius 3 is 2.66 bits per heavy atom.